The van der Waals surface area contributed by atoms with Gasteiger partial charge in [0.2, 0.25) is 5.91 Å². The van der Waals surface area contributed by atoms with Crippen LogP contribution in [0.15, 0.2) is 53.6 Å². The molecule has 0 radical (unpaired) electrons. The molecule has 0 aromatic heterocycles. The smallest absolute Gasteiger partial charge is 0.324 e. The Balaban J connectivity index is 1.71. The molecule has 0 saturated carbocycles. The predicted octanol–water partition coefficient (Wildman–Crippen LogP) is 6.17. The average molecular weight is 484 g/mol. The number of carbonyl (C=O) groups is 1. The van der Waals surface area contributed by atoms with Gasteiger partial charge in [0.05, 0.1) is 11.3 Å². The molecule has 9 heteroatoms. The Hall–Kier alpha value is -2.19. The van der Waals surface area contributed by atoms with Crippen molar-refractivity contribution in [2.24, 2.45) is 10.5 Å². The van der Waals surface area contributed by atoms with Gasteiger partial charge in [0.25, 0.3) is 0 Å². The van der Waals surface area contributed by atoms with Crippen LogP contribution in [0.1, 0.15) is 30.9 Å². The van der Waals surface area contributed by atoms with Gasteiger partial charge >= 0.3 is 6.18 Å². The molecule has 1 atom stereocenters. The van der Waals surface area contributed by atoms with Gasteiger partial charge in [0, 0.05) is 22.7 Å². The zero-order valence-corrected chi connectivity index (χ0v) is 19.4. The number of hydrogen-bond donors (Lipinski definition) is 1. The van der Waals surface area contributed by atoms with Crippen molar-refractivity contribution < 1.29 is 18.0 Å². The topological polar surface area (TPSA) is 44.7 Å². The standard InChI is InChI=1S/C23H25ClF3N3OS/c1-22(12-3-13-32-2)15-30(29-21(22)16-4-8-18(24)9-5-16)14-20(31)28-19-10-6-17(7-11-19)23(25,26)27/h4-11H,3,12-15H2,1-2H3,(H,28,31). The summed E-state index contributed by atoms with van der Waals surface area (Å²) in [4.78, 5) is 12.5. The van der Waals surface area contributed by atoms with Gasteiger partial charge in [-0.1, -0.05) is 30.7 Å². The number of carbonyl (C=O) groups excluding carboxylic acids is 1. The zero-order chi connectivity index (χ0) is 23.4. The molecule has 1 aliphatic heterocycles. The van der Waals surface area contributed by atoms with Crippen LogP contribution in [0.2, 0.25) is 5.02 Å². The van der Waals surface area contributed by atoms with Gasteiger partial charge in [-0.3, -0.25) is 9.80 Å². The Morgan fingerprint density at radius 3 is 2.44 bits per heavy atom. The van der Waals surface area contributed by atoms with Crippen LogP contribution < -0.4 is 5.32 Å². The molecule has 0 saturated heterocycles. The molecule has 4 nitrogen and oxygen atoms in total. The van der Waals surface area contributed by atoms with Crippen LogP contribution in [-0.4, -0.2) is 41.7 Å². The number of nitrogens with zero attached hydrogens (tertiary/aromatic N) is 2. The SMILES string of the molecule is CSCCCC1(C)CN(CC(=O)Nc2ccc(C(F)(F)F)cc2)N=C1c1ccc(Cl)cc1. The molecule has 1 unspecified atom stereocenters. The number of benzene rings is 2. The van der Waals surface area contributed by atoms with E-state index in [0.29, 0.717) is 17.3 Å². The third-order valence-electron chi connectivity index (χ3n) is 5.36. The van der Waals surface area contributed by atoms with Crippen molar-refractivity contribution in [3.63, 3.8) is 0 Å². The number of amides is 1. The fourth-order valence-electron chi connectivity index (χ4n) is 3.79. The molecule has 32 heavy (non-hydrogen) atoms. The van der Waals surface area contributed by atoms with Crippen molar-refractivity contribution >= 4 is 40.7 Å². The van der Waals surface area contributed by atoms with Gasteiger partial charge in [-0.15, -0.1) is 0 Å². The molecule has 0 fully saturated rings. The third-order valence-corrected chi connectivity index (χ3v) is 6.31. The summed E-state index contributed by atoms with van der Waals surface area (Å²) in [5.74, 6) is 0.704. The predicted molar refractivity (Wildman–Crippen MR) is 125 cm³/mol. The molecule has 1 amide bonds. The molecule has 0 aliphatic carbocycles. The van der Waals surface area contributed by atoms with E-state index < -0.39 is 11.7 Å². The van der Waals surface area contributed by atoms with Crippen molar-refractivity contribution in [2.45, 2.75) is 25.9 Å². The first-order chi connectivity index (χ1) is 15.1. The van der Waals surface area contributed by atoms with Crippen LogP contribution >= 0.6 is 23.4 Å². The van der Waals surface area contributed by atoms with E-state index in [4.69, 9.17) is 16.7 Å². The van der Waals surface area contributed by atoms with Crippen molar-refractivity contribution in [3.05, 3.63) is 64.7 Å². The molecule has 172 valence electrons. The van der Waals surface area contributed by atoms with Gasteiger partial charge in [0.15, 0.2) is 0 Å². The summed E-state index contributed by atoms with van der Waals surface area (Å²) < 4.78 is 38.2. The molecular weight excluding hydrogens is 459 g/mol. The highest BCUT2D eigenvalue weighted by atomic mass is 35.5. The highest BCUT2D eigenvalue weighted by Gasteiger charge is 2.39. The van der Waals surface area contributed by atoms with Crippen molar-refractivity contribution in [2.75, 3.05) is 30.4 Å². The van der Waals surface area contributed by atoms with Crippen LogP contribution in [-0.2, 0) is 11.0 Å². The molecule has 2 aromatic rings. The third kappa shape index (κ3) is 6.19. The summed E-state index contributed by atoms with van der Waals surface area (Å²) in [6, 6.07) is 11.9. The lowest BCUT2D eigenvalue weighted by atomic mass is 9.78. The van der Waals surface area contributed by atoms with Crippen LogP contribution in [0.4, 0.5) is 18.9 Å². The van der Waals surface area contributed by atoms with Crippen LogP contribution in [0, 0.1) is 5.41 Å². The van der Waals surface area contributed by atoms with E-state index in [9.17, 15) is 18.0 Å². The number of thioether (sulfide) groups is 1. The maximum absolute atomic E-state index is 12.7. The highest BCUT2D eigenvalue weighted by molar-refractivity contribution is 7.98. The van der Waals surface area contributed by atoms with E-state index in [2.05, 4.69) is 18.5 Å². The quantitative estimate of drug-likeness (QED) is 0.457. The molecule has 1 N–H and O–H groups in total. The summed E-state index contributed by atoms with van der Waals surface area (Å²) in [5.41, 5.74) is 1.21. The molecule has 0 bridgehead atoms. The molecule has 2 aromatic carbocycles. The van der Waals surface area contributed by atoms with E-state index in [1.165, 1.54) is 12.1 Å². The maximum atomic E-state index is 12.7. The monoisotopic (exact) mass is 483 g/mol. The summed E-state index contributed by atoms with van der Waals surface area (Å²) in [6.45, 7) is 2.74. The molecule has 3 rings (SSSR count). The zero-order valence-electron chi connectivity index (χ0n) is 17.9. The first-order valence-electron chi connectivity index (χ1n) is 10.2. The Morgan fingerprint density at radius 2 is 1.84 bits per heavy atom. The Kier molecular flexibility index (Phi) is 7.77. The van der Waals surface area contributed by atoms with Crippen molar-refractivity contribution in [1.82, 2.24) is 5.01 Å². The van der Waals surface area contributed by atoms with Crippen LogP contribution in [0.5, 0.6) is 0 Å². The molecular formula is C23H25ClF3N3OS. The maximum Gasteiger partial charge on any atom is 0.416 e. The number of hydrazone groups is 1. The Morgan fingerprint density at radius 1 is 1.19 bits per heavy atom. The second kappa shape index (κ2) is 10.2. The lowest BCUT2D eigenvalue weighted by molar-refractivity contribution is -0.137. The minimum atomic E-state index is -4.41. The second-order valence-corrected chi connectivity index (χ2v) is 9.48. The number of halogens is 4. The molecule has 0 spiro atoms. The minimum absolute atomic E-state index is 0.0101. The van der Waals surface area contributed by atoms with Gasteiger partial charge in [-0.25, -0.2) is 0 Å². The van der Waals surface area contributed by atoms with E-state index in [1.54, 1.807) is 16.8 Å². The van der Waals surface area contributed by atoms with Gasteiger partial charge in [-0.05, 0) is 66.8 Å². The van der Waals surface area contributed by atoms with Crippen LogP contribution in [0.3, 0.4) is 0 Å². The lowest BCUT2D eigenvalue weighted by Gasteiger charge is -2.26. The number of nitrogens with one attached hydrogen (secondary N) is 1. The average Bonchev–Trinajstić information content (AvgIpc) is 3.04. The van der Waals surface area contributed by atoms with Gasteiger partial charge < -0.3 is 5.32 Å². The molecule has 1 aliphatic rings. The van der Waals surface area contributed by atoms with E-state index in [0.717, 1.165) is 42.0 Å². The number of alkyl halides is 3. The number of anilines is 1. The van der Waals surface area contributed by atoms with E-state index in [-0.39, 0.29) is 17.9 Å². The fourth-order valence-corrected chi connectivity index (χ4v) is 4.35. The minimum Gasteiger partial charge on any atom is -0.324 e. The lowest BCUT2D eigenvalue weighted by Crippen LogP contribution is -2.34. The first-order valence-corrected chi connectivity index (χ1v) is 11.9. The highest BCUT2D eigenvalue weighted by Crippen LogP contribution is 2.36. The van der Waals surface area contributed by atoms with Gasteiger partial charge in [0.1, 0.15) is 6.54 Å². The van der Waals surface area contributed by atoms with Crippen LogP contribution in [0.25, 0.3) is 0 Å². The Labute approximate surface area is 195 Å². The number of hydrogen-bond acceptors (Lipinski definition) is 4. The normalized spacial score (nSPS) is 18.6. The first kappa shape index (κ1) is 24.5. The van der Waals surface area contributed by atoms with E-state index in [1.807, 2.05) is 24.3 Å². The fraction of sp³-hybridized carbons (Fsp3) is 0.391. The molecule has 1 heterocycles. The van der Waals surface area contributed by atoms with Crippen molar-refractivity contribution in [1.29, 1.82) is 0 Å². The summed E-state index contributed by atoms with van der Waals surface area (Å²) >= 11 is 7.83. The largest absolute Gasteiger partial charge is 0.416 e. The second-order valence-electron chi connectivity index (χ2n) is 8.06. The van der Waals surface area contributed by atoms with Crippen molar-refractivity contribution in [3.8, 4) is 0 Å². The van der Waals surface area contributed by atoms with Gasteiger partial charge in [-0.2, -0.15) is 30.0 Å². The summed E-state index contributed by atoms with van der Waals surface area (Å²) in [7, 11) is 0. The van der Waals surface area contributed by atoms with E-state index >= 15 is 0 Å². The summed E-state index contributed by atoms with van der Waals surface area (Å²) in [6.07, 6.45) is -0.392. The number of rotatable bonds is 8. The Bertz CT molecular complexity index is 964. The summed E-state index contributed by atoms with van der Waals surface area (Å²) in [5, 5.41) is 9.76.